The molecular weight excluding hydrogens is 322 g/mol. The van der Waals surface area contributed by atoms with Crippen LogP contribution in [0.4, 0.5) is 0 Å². The topological polar surface area (TPSA) is 69.4 Å². The Hall–Kier alpha value is -3.18. The molecule has 26 heavy (non-hydrogen) atoms. The van der Waals surface area contributed by atoms with E-state index in [0.717, 1.165) is 30.8 Å². The van der Waals surface area contributed by atoms with Crippen LogP contribution >= 0.6 is 0 Å². The number of benzene rings is 2. The number of hydrogen-bond donors (Lipinski definition) is 3. The lowest BCUT2D eigenvalue weighted by molar-refractivity contribution is 0.688. The predicted molar refractivity (Wildman–Crippen MR) is 103 cm³/mol. The molecule has 0 atom stereocenters. The summed E-state index contributed by atoms with van der Waals surface area (Å²) >= 11 is 0. The average Bonchev–Trinajstić information content (AvgIpc) is 3.38. The van der Waals surface area contributed by atoms with Gasteiger partial charge in [0.05, 0.1) is 18.1 Å². The summed E-state index contributed by atoms with van der Waals surface area (Å²) in [7, 11) is 0. The van der Waals surface area contributed by atoms with Crippen LogP contribution in [0.2, 0.25) is 0 Å². The standard InChI is InChI=1S/C21H21N5/c1-2-4-17(5-3-1)18-6-8-19(9-7-18)21-20(15-25-26-21)14-22-11-10-16-12-23-24-13-16/h1-9,12-13,15,22H,10-11,14H2,(H,23,24)(H,25,26). The van der Waals surface area contributed by atoms with Gasteiger partial charge in [0, 0.05) is 18.3 Å². The monoisotopic (exact) mass is 343 g/mol. The van der Waals surface area contributed by atoms with E-state index < -0.39 is 0 Å². The predicted octanol–water partition coefficient (Wildman–Crippen LogP) is 3.80. The molecule has 2 aromatic heterocycles. The zero-order valence-corrected chi connectivity index (χ0v) is 14.4. The molecule has 0 aliphatic heterocycles. The third-order valence-corrected chi connectivity index (χ3v) is 4.46. The molecule has 0 saturated heterocycles. The highest BCUT2D eigenvalue weighted by Gasteiger charge is 2.08. The van der Waals surface area contributed by atoms with Crippen LogP contribution in [0.3, 0.4) is 0 Å². The van der Waals surface area contributed by atoms with Gasteiger partial charge in [0.1, 0.15) is 0 Å². The van der Waals surface area contributed by atoms with E-state index in [0.29, 0.717) is 0 Å². The van der Waals surface area contributed by atoms with Gasteiger partial charge in [-0.15, -0.1) is 0 Å². The number of nitrogens with one attached hydrogen (secondary N) is 3. The van der Waals surface area contributed by atoms with Crippen molar-refractivity contribution in [2.75, 3.05) is 6.54 Å². The highest BCUT2D eigenvalue weighted by molar-refractivity contribution is 5.69. The first-order valence-electron chi connectivity index (χ1n) is 8.76. The van der Waals surface area contributed by atoms with Crippen molar-refractivity contribution in [3.05, 3.63) is 84.3 Å². The molecule has 2 aromatic carbocycles. The Morgan fingerprint density at radius 1 is 0.808 bits per heavy atom. The molecule has 0 unspecified atom stereocenters. The van der Waals surface area contributed by atoms with Crippen LogP contribution in [-0.4, -0.2) is 26.9 Å². The zero-order chi connectivity index (χ0) is 17.6. The first-order valence-corrected chi connectivity index (χ1v) is 8.76. The Morgan fingerprint density at radius 3 is 2.35 bits per heavy atom. The van der Waals surface area contributed by atoms with Crippen LogP contribution in [0.5, 0.6) is 0 Å². The van der Waals surface area contributed by atoms with Gasteiger partial charge < -0.3 is 5.32 Å². The van der Waals surface area contributed by atoms with E-state index in [4.69, 9.17) is 0 Å². The van der Waals surface area contributed by atoms with Crippen molar-refractivity contribution >= 4 is 0 Å². The Bertz CT molecular complexity index is 924. The van der Waals surface area contributed by atoms with Crippen LogP contribution in [-0.2, 0) is 13.0 Å². The summed E-state index contributed by atoms with van der Waals surface area (Å²) in [6.07, 6.45) is 6.64. The van der Waals surface area contributed by atoms with E-state index in [1.807, 2.05) is 24.7 Å². The molecule has 0 bridgehead atoms. The van der Waals surface area contributed by atoms with E-state index in [1.54, 1.807) is 0 Å². The lowest BCUT2D eigenvalue weighted by Gasteiger charge is -2.07. The van der Waals surface area contributed by atoms with E-state index in [2.05, 4.69) is 74.2 Å². The fourth-order valence-corrected chi connectivity index (χ4v) is 3.03. The van der Waals surface area contributed by atoms with Gasteiger partial charge in [-0.2, -0.15) is 10.2 Å². The Kier molecular flexibility index (Phi) is 4.89. The first kappa shape index (κ1) is 16.3. The second-order valence-corrected chi connectivity index (χ2v) is 6.25. The zero-order valence-electron chi connectivity index (χ0n) is 14.4. The van der Waals surface area contributed by atoms with Crippen molar-refractivity contribution < 1.29 is 0 Å². The minimum absolute atomic E-state index is 0.782. The van der Waals surface area contributed by atoms with E-state index in [9.17, 15) is 0 Å². The van der Waals surface area contributed by atoms with Gasteiger partial charge in [0.25, 0.3) is 0 Å². The molecule has 0 aliphatic carbocycles. The van der Waals surface area contributed by atoms with Crippen LogP contribution in [0.15, 0.2) is 73.2 Å². The van der Waals surface area contributed by atoms with Gasteiger partial charge in [-0.3, -0.25) is 10.2 Å². The normalized spacial score (nSPS) is 10.9. The molecule has 0 radical (unpaired) electrons. The summed E-state index contributed by atoms with van der Waals surface area (Å²) in [6, 6.07) is 19.0. The Morgan fingerprint density at radius 2 is 1.58 bits per heavy atom. The summed E-state index contributed by atoms with van der Waals surface area (Å²) in [5, 5.41) is 17.6. The molecule has 0 fully saturated rings. The van der Waals surface area contributed by atoms with Gasteiger partial charge in [-0.25, -0.2) is 0 Å². The maximum Gasteiger partial charge on any atom is 0.0695 e. The van der Waals surface area contributed by atoms with Crippen LogP contribution in [0.25, 0.3) is 22.4 Å². The number of rotatable bonds is 7. The number of aromatic amines is 2. The second kappa shape index (κ2) is 7.80. The number of aromatic nitrogens is 4. The highest BCUT2D eigenvalue weighted by atomic mass is 15.1. The average molecular weight is 343 g/mol. The molecule has 0 aliphatic rings. The molecule has 2 heterocycles. The number of hydrogen-bond acceptors (Lipinski definition) is 3. The number of nitrogens with zero attached hydrogens (tertiary/aromatic N) is 2. The fourth-order valence-electron chi connectivity index (χ4n) is 3.03. The highest BCUT2D eigenvalue weighted by Crippen LogP contribution is 2.25. The SMILES string of the molecule is c1ccc(-c2ccc(-c3[nH]ncc3CNCCc3cn[nH]c3)cc2)cc1. The van der Waals surface area contributed by atoms with Crippen molar-refractivity contribution in [3.63, 3.8) is 0 Å². The molecule has 4 rings (SSSR count). The van der Waals surface area contributed by atoms with Crippen molar-refractivity contribution in [2.45, 2.75) is 13.0 Å². The van der Waals surface area contributed by atoms with Crippen molar-refractivity contribution in [1.82, 2.24) is 25.7 Å². The molecule has 3 N–H and O–H groups in total. The summed E-state index contributed by atoms with van der Waals surface area (Å²) in [5.74, 6) is 0. The van der Waals surface area contributed by atoms with Crippen LogP contribution in [0, 0.1) is 0 Å². The summed E-state index contributed by atoms with van der Waals surface area (Å²) in [5.41, 5.74) is 7.04. The Labute approximate surface area is 152 Å². The molecule has 4 aromatic rings. The second-order valence-electron chi connectivity index (χ2n) is 6.25. The molecule has 5 heteroatoms. The molecule has 130 valence electrons. The minimum atomic E-state index is 0.782. The van der Waals surface area contributed by atoms with Crippen molar-refractivity contribution in [3.8, 4) is 22.4 Å². The largest absolute Gasteiger partial charge is 0.312 e. The molecule has 0 saturated carbocycles. The van der Waals surface area contributed by atoms with Gasteiger partial charge in [0.15, 0.2) is 0 Å². The Balaban J connectivity index is 1.41. The van der Waals surface area contributed by atoms with E-state index in [-0.39, 0.29) is 0 Å². The quantitative estimate of drug-likeness (QED) is 0.447. The third-order valence-electron chi connectivity index (χ3n) is 4.46. The lowest BCUT2D eigenvalue weighted by Crippen LogP contribution is -2.16. The molecule has 0 spiro atoms. The van der Waals surface area contributed by atoms with E-state index >= 15 is 0 Å². The third kappa shape index (κ3) is 3.73. The van der Waals surface area contributed by atoms with Gasteiger partial charge in [-0.05, 0) is 35.2 Å². The maximum absolute atomic E-state index is 4.23. The van der Waals surface area contributed by atoms with Gasteiger partial charge >= 0.3 is 0 Å². The summed E-state index contributed by atoms with van der Waals surface area (Å²) in [4.78, 5) is 0. The minimum Gasteiger partial charge on any atom is -0.312 e. The smallest absolute Gasteiger partial charge is 0.0695 e. The van der Waals surface area contributed by atoms with E-state index in [1.165, 1.54) is 22.3 Å². The summed E-state index contributed by atoms with van der Waals surface area (Å²) < 4.78 is 0. The maximum atomic E-state index is 4.23. The van der Waals surface area contributed by atoms with Crippen LogP contribution in [0.1, 0.15) is 11.1 Å². The number of H-pyrrole nitrogens is 2. The van der Waals surface area contributed by atoms with Gasteiger partial charge in [-0.1, -0.05) is 54.6 Å². The molecule has 5 nitrogen and oxygen atoms in total. The fraction of sp³-hybridized carbons (Fsp3) is 0.143. The van der Waals surface area contributed by atoms with Crippen LogP contribution < -0.4 is 5.32 Å². The first-order chi connectivity index (χ1) is 12.9. The van der Waals surface area contributed by atoms with Gasteiger partial charge in [0.2, 0.25) is 0 Å². The molecule has 0 amide bonds. The van der Waals surface area contributed by atoms with Crippen molar-refractivity contribution in [2.24, 2.45) is 0 Å². The summed E-state index contributed by atoms with van der Waals surface area (Å²) in [6.45, 7) is 1.68. The lowest BCUT2D eigenvalue weighted by atomic mass is 10.0. The van der Waals surface area contributed by atoms with Crippen molar-refractivity contribution in [1.29, 1.82) is 0 Å². The molecular formula is C21H21N5.